The third kappa shape index (κ3) is 4.30. The number of allylic oxidation sites excluding steroid dienone is 1. The topological polar surface area (TPSA) is 21.7 Å². The van der Waals surface area contributed by atoms with Crippen LogP contribution in [-0.4, -0.2) is 35.0 Å². The van der Waals surface area contributed by atoms with Crippen molar-refractivity contribution in [3.63, 3.8) is 0 Å². The molecule has 0 aromatic rings. The molecule has 1 unspecified atom stereocenters. The molecule has 0 spiro atoms. The average Bonchev–Trinajstić information content (AvgIpc) is 2.41. The molecule has 3 nitrogen and oxygen atoms in total. The quantitative estimate of drug-likeness (QED) is 0.698. The number of nitrogens with zero attached hydrogens (tertiary/aromatic N) is 1. The molecular weight excluding hydrogens is 262 g/mol. The zero-order chi connectivity index (χ0) is 15.5. The summed E-state index contributed by atoms with van der Waals surface area (Å²) in [5, 5.41) is 2.27. The smallest absolute Gasteiger partial charge is 0.0831 e. The van der Waals surface area contributed by atoms with E-state index in [0.717, 1.165) is 45.1 Å². The van der Waals surface area contributed by atoms with E-state index in [1.165, 1.54) is 0 Å². The van der Waals surface area contributed by atoms with E-state index in [-0.39, 0.29) is 11.1 Å². The summed E-state index contributed by atoms with van der Waals surface area (Å²) in [6.45, 7) is 12.2. The Morgan fingerprint density at radius 3 is 2.24 bits per heavy atom. The number of ether oxygens (including phenoxy) is 1. The highest BCUT2D eigenvalue weighted by atomic mass is 16.7. The van der Waals surface area contributed by atoms with Crippen LogP contribution in [0.25, 0.3) is 0 Å². The van der Waals surface area contributed by atoms with Gasteiger partial charge in [-0.1, -0.05) is 19.1 Å². The van der Waals surface area contributed by atoms with E-state index >= 15 is 0 Å². The van der Waals surface area contributed by atoms with E-state index in [1.807, 2.05) is 0 Å². The second kappa shape index (κ2) is 6.80. The van der Waals surface area contributed by atoms with Crippen molar-refractivity contribution < 1.29 is 9.57 Å². The van der Waals surface area contributed by atoms with Crippen molar-refractivity contribution in [1.82, 2.24) is 5.06 Å². The summed E-state index contributed by atoms with van der Waals surface area (Å²) in [5.74, 6) is 0. The highest BCUT2D eigenvalue weighted by Crippen LogP contribution is 2.41. The lowest BCUT2D eigenvalue weighted by Gasteiger charge is -2.54. The Labute approximate surface area is 130 Å². The Bertz CT molecular complexity index is 344. The standard InChI is InChI=1S/C18H33NO2/c1-6-12-20-16-13-17(2,3)19(18(4,5)14-16)21-15-10-8-7-9-11-15/h7-8,15-16H,6,9-14H2,1-5H3. The lowest BCUT2D eigenvalue weighted by atomic mass is 9.80. The lowest BCUT2D eigenvalue weighted by molar-refractivity contribution is -0.316. The molecule has 122 valence electrons. The van der Waals surface area contributed by atoms with E-state index in [4.69, 9.17) is 9.57 Å². The van der Waals surface area contributed by atoms with Crippen LogP contribution in [0.1, 0.15) is 73.1 Å². The van der Waals surface area contributed by atoms with Gasteiger partial charge < -0.3 is 4.74 Å². The predicted octanol–water partition coefficient (Wildman–Crippen LogP) is 4.47. The second-order valence-corrected chi connectivity index (χ2v) is 7.83. The van der Waals surface area contributed by atoms with Gasteiger partial charge in [-0.15, -0.1) is 0 Å². The molecule has 0 N–H and O–H groups in total. The van der Waals surface area contributed by atoms with E-state index in [2.05, 4.69) is 51.8 Å². The normalized spacial score (nSPS) is 29.7. The number of hydroxylamine groups is 2. The van der Waals surface area contributed by atoms with Crippen LogP contribution >= 0.6 is 0 Å². The van der Waals surface area contributed by atoms with Gasteiger partial charge in [-0.2, -0.15) is 5.06 Å². The van der Waals surface area contributed by atoms with Crippen molar-refractivity contribution in [2.24, 2.45) is 0 Å². The fraction of sp³-hybridized carbons (Fsp3) is 0.889. The van der Waals surface area contributed by atoms with E-state index in [9.17, 15) is 0 Å². The van der Waals surface area contributed by atoms with Crippen molar-refractivity contribution in [1.29, 1.82) is 0 Å². The largest absolute Gasteiger partial charge is 0.378 e. The van der Waals surface area contributed by atoms with Crippen molar-refractivity contribution in [2.75, 3.05) is 6.61 Å². The van der Waals surface area contributed by atoms with Gasteiger partial charge in [0.25, 0.3) is 0 Å². The zero-order valence-electron chi connectivity index (χ0n) is 14.5. The maximum atomic E-state index is 6.44. The monoisotopic (exact) mass is 295 g/mol. The Hall–Kier alpha value is -0.380. The summed E-state index contributed by atoms with van der Waals surface area (Å²) < 4.78 is 6.05. The van der Waals surface area contributed by atoms with E-state index in [1.54, 1.807) is 0 Å². The van der Waals surface area contributed by atoms with Crippen LogP contribution in [0.5, 0.6) is 0 Å². The maximum Gasteiger partial charge on any atom is 0.0831 e. The van der Waals surface area contributed by atoms with Crippen molar-refractivity contribution in [2.45, 2.75) is 96.4 Å². The van der Waals surface area contributed by atoms with Crippen LogP contribution in [0.15, 0.2) is 12.2 Å². The van der Waals surface area contributed by atoms with Gasteiger partial charge in [0.1, 0.15) is 0 Å². The molecule has 1 atom stereocenters. The molecule has 1 aliphatic carbocycles. The molecule has 0 bridgehead atoms. The van der Waals surface area contributed by atoms with Crippen molar-refractivity contribution >= 4 is 0 Å². The molecule has 3 heteroatoms. The Morgan fingerprint density at radius 2 is 1.71 bits per heavy atom. The van der Waals surface area contributed by atoms with Crippen LogP contribution in [-0.2, 0) is 9.57 Å². The SMILES string of the molecule is CCCOC1CC(C)(C)N(OC2CC=CCC2)C(C)(C)C1. The van der Waals surface area contributed by atoms with Crippen LogP contribution in [0.3, 0.4) is 0 Å². The highest BCUT2D eigenvalue weighted by Gasteiger charge is 2.47. The molecule has 1 fully saturated rings. The molecule has 21 heavy (non-hydrogen) atoms. The first-order valence-electron chi connectivity index (χ1n) is 8.59. The summed E-state index contributed by atoms with van der Waals surface area (Å²) in [6.07, 6.45) is 11.7. The fourth-order valence-electron chi connectivity index (χ4n) is 3.87. The van der Waals surface area contributed by atoms with Crippen LogP contribution in [0.2, 0.25) is 0 Å². The molecule has 1 saturated heterocycles. The van der Waals surface area contributed by atoms with Gasteiger partial charge in [-0.05, 0) is 66.2 Å². The van der Waals surface area contributed by atoms with Crippen molar-refractivity contribution in [3.05, 3.63) is 12.2 Å². The highest BCUT2D eigenvalue weighted by molar-refractivity contribution is 4.98. The fourth-order valence-corrected chi connectivity index (χ4v) is 3.87. The lowest BCUT2D eigenvalue weighted by Crippen LogP contribution is -2.62. The first-order valence-corrected chi connectivity index (χ1v) is 8.59. The molecule has 2 rings (SSSR count). The summed E-state index contributed by atoms with van der Waals surface area (Å²) >= 11 is 0. The average molecular weight is 295 g/mol. The molecular formula is C18H33NO2. The van der Waals surface area contributed by atoms with Gasteiger partial charge in [0.2, 0.25) is 0 Å². The van der Waals surface area contributed by atoms with Gasteiger partial charge >= 0.3 is 0 Å². The third-order valence-corrected chi connectivity index (χ3v) is 4.59. The van der Waals surface area contributed by atoms with Crippen LogP contribution in [0, 0.1) is 0 Å². The summed E-state index contributed by atoms with van der Waals surface area (Å²) in [7, 11) is 0. The Morgan fingerprint density at radius 1 is 1.05 bits per heavy atom. The van der Waals surface area contributed by atoms with Gasteiger partial charge in [0, 0.05) is 17.7 Å². The first kappa shape index (κ1) is 17.0. The molecule has 1 heterocycles. The predicted molar refractivity (Wildman–Crippen MR) is 87.1 cm³/mol. The Balaban J connectivity index is 2.04. The van der Waals surface area contributed by atoms with Crippen LogP contribution in [0.4, 0.5) is 0 Å². The Kier molecular flexibility index (Phi) is 5.50. The van der Waals surface area contributed by atoms with Gasteiger partial charge in [-0.3, -0.25) is 4.84 Å². The van der Waals surface area contributed by atoms with Gasteiger partial charge in [0.15, 0.2) is 0 Å². The van der Waals surface area contributed by atoms with Gasteiger partial charge in [-0.25, -0.2) is 0 Å². The van der Waals surface area contributed by atoms with E-state index < -0.39 is 0 Å². The summed E-state index contributed by atoms with van der Waals surface area (Å²) in [5.41, 5.74) is 0.0304. The van der Waals surface area contributed by atoms with E-state index in [0.29, 0.717) is 12.2 Å². The molecule has 0 aromatic heterocycles. The number of hydrogen-bond donors (Lipinski definition) is 0. The van der Waals surface area contributed by atoms with Crippen molar-refractivity contribution in [3.8, 4) is 0 Å². The third-order valence-electron chi connectivity index (χ3n) is 4.59. The number of hydrogen-bond acceptors (Lipinski definition) is 3. The zero-order valence-corrected chi connectivity index (χ0v) is 14.5. The van der Waals surface area contributed by atoms with Crippen LogP contribution < -0.4 is 0 Å². The summed E-state index contributed by atoms with van der Waals surface area (Å²) in [4.78, 5) is 6.44. The number of piperidine rings is 1. The molecule has 2 aliphatic rings. The molecule has 0 saturated carbocycles. The molecule has 0 radical (unpaired) electrons. The molecule has 0 amide bonds. The van der Waals surface area contributed by atoms with Gasteiger partial charge in [0.05, 0.1) is 12.2 Å². The summed E-state index contributed by atoms with van der Waals surface area (Å²) in [6, 6.07) is 0. The second-order valence-electron chi connectivity index (χ2n) is 7.83. The molecule has 0 aromatic carbocycles. The first-order chi connectivity index (χ1) is 9.85. The minimum Gasteiger partial charge on any atom is -0.378 e. The minimum atomic E-state index is 0.0152. The molecule has 1 aliphatic heterocycles. The number of rotatable bonds is 5. The maximum absolute atomic E-state index is 6.44. The minimum absolute atomic E-state index is 0.0152.